The fourth-order valence-corrected chi connectivity index (χ4v) is 4.72. The smallest absolute Gasteiger partial charge is 0.225 e. The SMILES string of the molecule is COC1CCC(C(=O)N2CCc3nc(C4CCCN4C)ncc3C2)CC1. The van der Waals surface area contributed by atoms with Crippen LogP contribution in [0.15, 0.2) is 6.20 Å². The van der Waals surface area contributed by atoms with E-state index in [1.807, 2.05) is 11.1 Å². The second-order valence-corrected chi connectivity index (χ2v) is 8.06. The van der Waals surface area contributed by atoms with E-state index in [0.717, 1.165) is 68.7 Å². The van der Waals surface area contributed by atoms with E-state index >= 15 is 0 Å². The van der Waals surface area contributed by atoms with Gasteiger partial charge in [0.2, 0.25) is 5.91 Å². The first-order valence-electron chi connectivity index (χ1n) is 10.0. The highest BCUT2D eigenvalue weighted by molar-refractivity contribution is 5.79. The summed E-state index contributed by atoms with van der Waals surface area (Å²) in [7, 11) is 3.92. The van der Waals surface area contributed by atoms with Crippen molar-refractivity contribution < 1.29 is 9.53 Å². The minimum absolute atomic E-state index is 0.162. The van der Waals surface area contributed by atoms with Crippen molar-refractivity contribution in [3.63, 3.8) is 0 Å². The van der Waals surface area contributed by atoms with Gasteiger partial charge in [0.05, 0.1) is 17.8 Å². The molecule has 0 spiro atoms. The molecule has 1 aromatic rings. The number of amides is 1. The number of methoxy groups -OCH3 is 1. The number of aromatic nitrogens is 2. The lowest BCUT2D eigenvalue weighted by Gasteiger charge is -2.34. The van der Waals surface area contributed by atoms with Gasteiger partial charge in [0.1, 0.15) is 5.82 Å². The molecular weight excluding hydrogens is 328 g/mol. The zero-order valence-corrected chi connectivity index (χ0v) is 16.0. The maximum Gasteiger partial charge on any atom is 0.225 e. The molecule has 0 bridgehead atoms. The quantitative estimate of drug-likeness (QED) is 0.830. The average molecular weight is 358 g/mol. The van der Waals surface area contributed by atoms with Crippen LogP contribution < -0.4 is 0 Å². The van der Waals surface area contributed by atoms with Crippen LogP contribution in [0.1, 0.15) is 61.6 Å². The lowest BCUT2D eigenvalue weighted by Crippen LogP contribution is -2.41. The van der Waals surface area contributed by atoms with Crippen LogP contribution in [0.4, 0.5) is 0 Å². The van der Waals surface area contributed by atoms with Gasteiger partial charge in [-0.05, 0) is 52.1 Å². The van der Waals surface area contributed by atoms with Gasteiger partial charge >= 0.3 is 0 Å². The molecule has 2 aliphatic heterocycles. The van der Waals surface area contributed by atoms with E-state index in [2.05, 4.69) is 16.9 Å². The molecule has 6 nitrogen and oxygen atoms in total. The summed E-state index contributed by atoms with van der Waals surface area (Å²) >= 11 is 0. The Bertz CT molecular complexity index is 657. The first kappa shape index (κ1) is 17.9. The van der Waals surface area contributed by atoms with E-state index in [1.165, 1.54) is 6.42 Å². The van der Waals surface area contributed by atoms with Crippen LogP contribution in [0, 0.1) is 5.92 Å². The third-order valence-corrected chi connectivity index (χ3v) is 6.44. The molecular formula is C20H30N4O2. The van der Waals surface area contributed by atoms with Crippen LogP contribution in [0.5, 0.6) is 0 Å². The zero-order chi connectivity index (χ0) is 18.1. The van der Waals surface area contributed by atoms with Crippen LogP contribution in [-0.4, -0.2) is 59.0 Å². The Labute approximate surface area is 155 Å². The van der Waals surface area contributed by atoms with Gasteiger partial charge in [-0.1, -0.05) is 0 Å². The summed E-state index contributed by atoms with van der Waals surface area (Å²) in [4.78, 5) is 26.8. The van der Waals surface area contributed by atoms with Gasteiger partial charge in [0.25, 0.3) is 0 Å². The summed E-state index contributed by atoms with van der Waals surface area (Å²) in [6.45, 7) is 2.57. The Hall–Kier alpha value is -1.53. The second kappa shape index (κ2) is 7.61. The van der Waals surface area contributed by atoms with Gasteiger partial charge in [0, 0.05) is 44.3 Å². The number of hydrogen-bond acceptors (Lipinski definition) is 5. The third kappa shape index (κ3) is 3.49. The fourth-order valence-electron chi connectivity index (χ4n) is 4.72. The Morgan fingerprint density at radius 3 is 2.69 bits per heavy atom. The largest absolute Gasteiger partial charge is 0.381 e. The highest BCUT2D eigenvalue weighted by Gasteiger charge is 2.32. The lowest BCUT2D eigenvalue weighted by atomic mass is 9.86. The highest BCUT2D eigenvalue weighted by Crippen LogP contribution is 2.31. The van der Waals surface area contributed by atoms with Crippen molar-refractivity contribution in [1.82, 2.24) is 19.8 Å². The van der Waals surface area contributed by atoms with Crippen LogP contribution >= 0.6 is 0 Å². The number of fused-ring (bicyclic) bond motifs is 1. The predicted molar refractivity (Wildman–Crippen MR) is 98.5 cm³/mol. The molecule has 0 N–H and O–H groups in total. The van der Waals surface area contributed by atoms with Crippen LogP contribution in [0.3, 0.4) is 0 Å². The molecule has 1 aromatic heterocycles. The molecule has 1 saturated heterocycles. The molecule has 26 heavy (non-hydrogen) atoms. The molecule has 0 radical (unpaired) electrons. The summed E-state index contributed by atoms with van der Waals surface area (Å²) in [5, 5.41) is 0. The van der Waals surface area contributed by atoms with Crippen molar-refractivity contribution in [2.75, 3.05) is 27.2 Å². The highest BCUT2D eigenvalue weighted by atomic mass is 16.5. The van der Waals surface area contributed by atoms with Gasteiger partial charge < -0.3 is 9.64 Å². The van der Waals surface area contributed by atoms with Crippen LogP contribution in [0.2, 0.25) is 0 Å². The maximum absolute atomic E-state index is 12.9. The molecule has 1 amide bonds. The monoisotopic (exact) mass is 358 g/mol. The molecule has 142 valence electrons. The number of ether oxygens (including phenoxy) is 1. The summed E-state index contributed by atoms with van der Waals surface area (Å²) in [5.74, 6) is 1.43. The standard InChI is InChI=1S/C20H30N4O2/c1-23-10-3-4-18(23)19-21-12-15-13-24(11-9-17(15)22-19)20(25)14-5-7-16(26-2)8-6-14/h12,14,16,18H,3-11,13H2,1-2H3. The number of carbonyl (C=O) groups is 1. The first-order chi connectivity index (χ1) is 12.7. The molecule has 3 heterocycles. The summed E-state index contributed by atoms with van der Waals surface area (Å²) in [6.07, 6.45) is 9.40. The number of hydrogen-bond donors (Lipinski definition) is 0. The van der Waals surface area contributed by atoms with Crippen molar-refractivity contribution >= 4 is 5.91 Å². The number of likely N-dealkylation sites (tertiary alicyclic amines) is 1. The molecule has 1 unspecified atom stereocenters. The molecule has 1 aliphatic carbocycles. The Balaban J connectivity index is 1.41. The van der Waals surface area contributed by atoms with E-state index in [-0.39, 0.29) is 5.92 Å². The Morgan fingerprint density at radius 1 is 1.19 bits per heavy atom. The molecule has 2 fully saturated rings. The maximum atomic E-state index is 12.9. The van der Waals surface area contributed by atoms with Crippen molar-refractivity contribution in [1.29, 1.82) is 0 Å². The van der Waals surface area contributed by atoms with E-state index in [1.54, 1.807) is 7.11 Å². The second-order valence-electron chi connectivity index (χ2n) is 8.06. The summed E-state index contributed by atoms with van der Waals surface area (Å²) in [5.41, 5.74) is 2.27. The Kier molecular flexibility index (Phi) is 5.23. The lowest BCUT2D eigenvalue weighted by molar-refractivity contribution is -0.138. The van der Waals surface area contributed by atoms with Crippen LogP contribution in [-0.2, 0) is 22.5 Å². The molecule has 1 atom stereocenters. The molecule has 0 aromatic carbocycles. The normalized spacial score (nSPS) is 29.6. The minimum atomic E-state index is 0.162. The van der Waals surface area contributed by atoms with Crippen molar-refractivity contribution in [3.8, 4) is 0 Å². The first-order valence-corrected chi connectivity index (χ1v) is 10.0. The van der Waals surface area contributed by atoms with Gasteiger partial charge in [-0.15, -0.1) is 0 Å². The van der Waals surface area contributed by atoms with Gasteiger partial charge in [-0.3, -0.25) is 9.69 Å². The number of carbonyl (C=O) groups excluding carboxylic acids is 1. The van der Waals surface area contributed by atoms with Gasteiger partial charge in [-0.25, -0.2) is 9.97 Å². The van der Waals surface area contributed by atoms with Crippen molar-refractivity contribution in [2.45, 2.75) is 63.6 Å². The predicted octanol–water partition coefficient (Wildman–Crippen LogP) is 2.33. The average Bonchev–Trinajstić information content (AvgIpc) is 3.12. The van der Waals surface area contributed by atoms with E-state index in [9.17, 15) is 4.79 Å². The molecule has 4 rings (SSSR count). The minimum Gasteiger partial charge on any atom is -0.381 e. The zero-order valence-electron chi connectivity index (χ0n) is 16.0. The third-order valence-electron chi connectivity index (χ3n) is 6.44. The van der Waals surface area contributed by atoms with Crippen molar-refractivity contribution in [2.24, 2.45) is 5.92 Å². The number of nitrogens with zero attached hydrogens (tertiary/aromatic N) is 4. The Morgan fingerprint density at radius 2 is 2.00 bits per heavy atom. The van der Waals surface area contributed by atoms with Crippen LogP contribution in [0.25, 0.3) is 0 Å². The van der Waals surface area contributed by atoms with Crippen molar-refractivity contribution in [3.05, 3.63) is 23.3 Å². The molecule has 3 aliphatic rings. The fraction of sp³-hybridized carbons (Fsp3) is 0.750. The van der Waals surface area contributed by atoms with Gasteiger partial charge in [-0.2, -0.15) is 0 Å². The van der Waals surface area contributed by atoms with E-state index in [4.69, 9.17) is 9.72 Å². The summed E-state index contributed by atoms with van der Waals surface area (Å²) < 4.78 is 5.43. The molecule has 1 saturated carbocycles. The molecule has 6 heteroatoms. The van der Waals surface area contributed by atoms with E-state index < -0.39 is 0 Å². The number of rotatable bonds is 3. The van der Waals surface area contributed by atoms with Gasteiger partial charge in [0.15, 0.2) is 0 Å². The summed E-state index contributed by atoms with van der Waals surface area (Å²) in [6, 6.07) is 0.357. The van der Waals surface area contributed by atoms with E-state index in [0.29, 0.717) is 24.6 Å². The topological polar surface area (TPSA) is 58.6 Å².